The summed E-state index contributed by atoms with van der Waals surface area (Å²) in [4.78, 5) is 51.5. The number of halogens is 2. The van der Waals surface area contributed by atoms with Gasteiger partial charge >= 0.3 is 17.8 Å². The topological polar surface area (TPSA) is 151 Å². The van der Waals surface area contributed by atoms with E-state index in [9.17, 15) is 19.5 Å². The van der Waals surface area contributed by atoms with Gasteiger partial charge in [0, 0.05) is 44.0 Å². The molecule has 3 heterocycles. The lowest BCUT2D eigenvalue weighted by Crippen LogP contribution is -2.64. The molecule has 0 aliphatic carbocycles. The number of anilines is 2. The van der Waals surface area contributed by atoms with E-state index in [-0.39, 0.29) is 66.0 Å². The summed E-state index contributed by atoms with van der Waals surface area (Å²) >= 11 is 0. The van der Waals surface area contributed by atoms with Crippen LogP contribution in [0, 0.1) is 24.0 Å². The maximum absolute atomic E-state index is 16.4. The number of carbonyl (C=O) groups excluding carboxylic acids is 1. The lowest BCUT2D eigenvalue weighted by molar-refractivity contribution is 0.0562. The van der Waals surface area contributed by atoms with Crippen molar-refractivity contribution in [3.05, 3.63) is 75.7 Å². The molecule has 4 aromatic rings. The molecule has 1 fully saturated rings. The first-order valence-electron chi connectivity index (χ1n) is 18.0. The molecule has 15 heteroatoms. The van der Waals surface area contributed by atoms with Crippen molar-refractivity contribution < 1.29 is 33.0 Å². The number of aromatic nitrogens is 3. The molecule has 13 nitrogen and oxygen atoms in total. The molecular weight excluding hydrogens is 700 g/mol. The molecule has 0 radical (unpaired) electrons. The number of hydrogen-bond acceptors (Lipinski definition) is 8. The Bertz CT molecular complexity index is 2080. The van der Waals surface area contributed by atoms with Gasteiger partial charge in [-0.1, -0.05) is 52.8 Å². The van der Waals surface area contributed by atoms with Gasteiger partial charge in [-0.2, -0.15) is 4.98 Å². The van der Waals surface area contributed by atoms with E-state index >= 15 is 8.78 Å². The number of pyridine rings is 1. The monoisotopic (exact) mass is 749 g/mol. The van der Waals surface area contributed by atoms with Crippen LogP contribution in [0.1, 0.15) is 58.6 Å². The quantitative estimate of drug-likeness (QED) is 0.145. The summed E-state index contributed by atoms with van der Waals surface area (Å²) in [5, 5.41) is 15.4. The molecule has 5 rings (SSSR count). The van der Waals surface area contributed by atoms with Gasteiger partial charge in [-0.3, -0.25) is 0 Å². The van der Waals surface area contributed by atoms with Crippen molar-refractivity contribution >= 4 is 34.7 Å². The predicted molar refractivity (Wildman–Crippen MR) is 204 cm³/mol. The summed E-state index contributed by atoms with van der Waals surface area (Å²) in [6, 6.07) is 9.12. The molecule has 0 spiro atoms. The van der Waals surface area contributed by atoms with Crippen molar-refractivity contribution in [3.63, 3.8) is 0 Å². The lowest BCUT2D eigenvalue weighted by Gasteiger charge is -2.51. The minimum absolute atomic E-state index is 0.0176. The van der Waals surface area contributed by atoms with Crippen molar-refractivity contribution in [2.24, 2.45) is 5.41 Å². The summed E-state index contributed by atoms with van der Waals surface area (Å²) in [6.45, 7) is 15.1. The van der Waals surface area contributed by atoms with E-state index in [0.717, 1.165) is 17.2 Å². The third-order valence-corrected chi connectivity index (χ3v) is 9.63. The molecule has 1 unspecified atom stereocenters. The summed E-state index contributed by atoms with van der Waals surface area (Å²) in [7, 11) is 1.56. The van der Waals surface area contributed by atoms with Crippen LogP contribution in [0.2, 0.25) is 0 Å². The summed E-state index contributed by atoms with van der Waals surface area (Å²) in [6.07, 6.45) is -1.06. The fraction of sp³-hybridized carbons (Fsp3) is 0.462. The van der Waals surface area contributed by atoms with Gasteiger partial charge in [-0.05, 0) is 60.6 Å². The number of nitrogens with zero attached hydrogens (tertiary/aromatic N) is 5. The van der Waals surface area contributed by atoms with Crippen molar-refractivity contribution in [2.45, 2.75) is 66.5 Å². The van der Waals surface area contributed by atoms with Crippen molar-refractivity contribution in [2.75, 3.05) is 56.8 Å². The number of carbonyl (C=O) groups is 2. The Morgan fingerprint density at radius 2 is 1.78 bits per heavy atom. The molecule has 1 aliphatic heterocycles. The van der Waals surface area contributed by atoms with E-state index in [1.54, 1.807) is 7.11 Å². The number of carboxylic acid groups (broad SMARTS) is 1. The standard InChI is InChI=1S/C39H49F2N7O6/c1-22(2)26-11-9-10-23(3)32(26)48-35-28(34(45-37(48)50)46-15-16-47(38(51)52)33(24(46)4)39(5,6)7)21-30(41)31(44-35)27-13-12-25(20-29(27)40)43-36(49)42-14-17-54-19-18-53-8/h9-13,20-22,24,33H,14-19H2,1-8H3,(H,51,52)(H2,42,43,49)/t24?,33-/m1/s1. The van der Waals surface area contributed by atoms with E-state index in [0.29, 0.717) is 18.9 Å². The first-order valence-corrected chi connectivity index (χ1v) is 18.0. The number of urea groups is 1. The van der Waals surface area contributed by atoms with E-state index in [1.807, 2.05) is 71.6 Å². The van der Waals surface area contributed by atoms with Crippen LogP contribution >= 0.6 is 0 Å². The van der Waals surface area contributed by atoms with Crippen LogP contribution in [-0.4, -0.2) is 95.3 Å². The average molecular weight is 750 g/mol. The lowest BCUT2D eigenvalue weighted by atomic mass is 9.80. The molecule has 290 valence electrons. The Morgan fingerprint density at radius 1 is 1.04 bits per heavy atom. The number of hydrogen-bond donors (Lipinski definition) is 3. The highest BCUT2D eigenvalue weighted by Crippen LogP contribution is 2.38. The number of benzene rings is 2. The van der Waals surface area contributed by atoms with E-state index in [2.05, 4.69) is 15.6 Å². The second kappa shape index (κ2) is 16.5. The number of methoxy groups -OCH3 is 1. The molecule has 3 amide bonds. The van der Waals surface area contributed by atoms with Gasteiger partial charge in [0.15, 0.2) is 5.65 Å². The minimum Gasteiger partial charge on any atom is -0.465 e. The zero-order valence-corrected chi connectivity index (χ0v) is 32.0. The van der Waals surface area contributed by atoms with Crippen LogP contribution < -0.4 is 21.2 Å². The van der Waals surface area contributed by atoms with Crippen LogP contribution in [0.25, 0.3) is 28.0 Å². The van der Waals surface area contributed by atoms with E-state index in [4.69, 9.17) is 14.5 Å². The second-order valence-electron chi connectivity index (χ2n) is 14.8. The fourth-order valence-corrected chi connectivity index (χ4v) is 7.30. The van der Waals surface area contributed by atoms with Gasteiger partial charge in [0.2, 0.25) is 0 Å². The van der Waals surface area contributed by atoms with Crippen molar-refractivity contribution in [3.8, 4) is 16.9 Å². The van der Waals surface area contributed by atoms with E-state index < -0.39 is 46.9 Å². The third kappa shape index (κ3) is 8.31. The molecule has 2 aromatic heterocycles. The van der Waals surface area contributed by atoms with Gasteiger partial charge in [0.05, 0.1) is 36.9 Å². The van der Waals surface area contributed by atoms with Gasteiger partial charge < -0.3 is 35.0 Å². The third-order valence-electron chi connectivity index (χ3n) is 9.63. The zero-order chi connectivity index (χ0) is 39.5. The average Bonchev–Trinajstić information content (AvgIpc) is 3.09. The fourth-order valence-electron chi connectivity index (χ4n) is 7.30. The number of piperazine rings is 1. The Balaban J connectivity index is 1.63. The SMILES string of the molecule is COCCOCCNC(=O)Nc1ccc(-c2nc3c(cc2F)c(N2CCN(C(=O)O)[C@@H](C(C)(C)C)C2C)nc(=O)n3-c2c(C)cccc2C(C)C)c(F)c1. The summed E-state index contributed by atoms with van der Waals surface area (Å²) in [5.74, 6) is -1.57. The smallest absolute Gasteiger partial charge is 0.407 e. The number of fused-ring (bicyclic) bond motifs is 1. The largest absolute Gasteiger partial charge is 0.465 e. The Hall–Kier alpha value is -5.15. The number of amides is 3. The normalized spacial score (nSPS) is 16.3. The highest BCUT2D eigenvalue weighted by atomic mass is 19.1. The maximum Gasteiger partial charge on any atom is 0.407 e. The van der Waals surface area contributed by atoms with Crippen LogP contribution in [0.15, 0.2) is 47.3 Å². The Labute approximate surface area is 313 Å². The van der Waals surface area contributed by atoms with Crippen molar-refractivity contribution in [1.29, 1.82) is 0 Å². The van der Waals surface area contributed by atoms with Crippen LogP contribution in [-0.2, 0) is 9.47 Å². The minimum atomic E-state index is -1.06. The molecule has 0 saturated carbocycles. The highest BCUT2D eigenvalue weighted by Gasteiger charge is 2.44. The molecule has 54 heavy (non-hydrogen) atoms. The summed E-state index contributed by atoms with van der Waals surface area (Å²) in [5.41, 5.74) is 0.618. The van der Waals surface area contributed by atoms with Crippen molar-refractivity contribution in [1.82, 2.24) is 24.8 Å². The van der Waals surface area contributed by atoms with Gasteiger partial charge in [-0.25, -0.2) is 32.7 Å². The molecule has 0 bridgehead atoms. The number of rotatable bonds is 11. The highest BCUT2D eigenvalue weighted by molar-refractivity contribution is 5.92. The number of aryl methyl sites for hydroxylation is 1. The molecule has 2 atom stereocenters. The van der Waals surface area contributed by atoms with E-state index in [1.165, 1.54) is 27.7 Å². The first kappa shape index (κ1) is 40.0. The Morgan fingerprint density at radius 3 is 2.43 bits per heavy atom. The van der Waals surface area contributed by atoms with Gasteiger partial charge in [-0.15, -0.1) is 0 Å². The zero-order valence-electron chi connectivity index (χ0n) is 32.0. The maximum atomic E-state index is 16.4. The second-order valence-corrected chi connectivity index (χ2v) is 14.8. The van der Waals surface area contributed by atoms with Gasteiger partial charge in [0.1, 0.15) is 23.1 Å². The van der Waals surface area contributed by atoms with Gasteiger partial charge in [0.25, 0.3) is 0 Å². The summed E-state index contributed by atoms with van der Waals surface area (Å²) < 4.78 is 43.8. The van der Waals surface area contributed by atoms with Crippen LogP contribution in [0.4, 0.5) is 29.9 Å². The molecule has 1 aliphatic rings. The molecule has 2 aromatic carbocycles. The molecule has 3 N–H and O–H groups in total. The number of ether oxygens (including phenoxy) is 2. The van der Waals surface area contributed by atoms with Crippen LogP contribution in [0.3, 0.4) is 0 Å². The number of nitrogens with one attached hydrogen (secondary N) is 2. The molecular formula is C39H49F2N7O6. The molecule has 1 saturated heterocycles. The predicted octanol–water partition coefficient (Wildman–Crippen LogP) is 6.55. The first-order chi connectivity index (χ1) is 25.5. The van der Waals surface area contributed by atoms with Crippen LogP contribution in [0.5, 0.6) is 0 Å². The number of para-hydroxylation sites is 1. The Kier molecular flexibility index (Phi) is 12.2.